The highest BCUT2D eigenvalue weighted by atomic mass is 16.3. The van der Waals surface area contributed by atoms with Gasteiger partial charge in [0, 0.05) is 37.4 Å². The first-order valence-electron chi connectivity index (χ1n) is 9.22. The van der Waals surface area contributed by atoms with Crippen molar-refractivity contribution < 1.29 is 9.21 Å². The summed E-state index contributed by atoms with van der Waals surface area (Å²) in [5.41, 5.74) is 0.213. The van der Waals surface area contributed by atoms with Gasteiger partial charge in [-0.15, -0.1) is 0 Å². The van der Waals surface area contributed by atoms with Crippen molar-refractivity contribution in [3.63, 3.8) is 0 Å². The minimum Gasteiger partial charge on any atom is -0.468 e. The van der Waals surface area contributed by atoms with Crippen molar-refractivity contribution in [2.75, 3.05) is 19.6 Å². The van der Waals surface area contributed by atoms with Crippen molar-refractivity contribution in [3.05, 3.63) is 42.6 Å². The zero-order valence-electron chi connectivity index (χ0n) is 14.6. The van der Waals surface area contributed by atoms with Gasteiger partial charge in [-0.25, -0.2) is 0 Å². The Balaban J connectivity index is 1.26. The molecule has 0 unspecified atom stereocenters. The fraction of sp³-hybridized carbons (Fsp3) is 0.579. The number of amides is 1. The van der Waals surface area contributed by atoms with Crippen LogP contribution in [0.5, 0.6) is 0 Å². The SMILES string of the molecule is O=C(NCC1(Cn2cccn2)CC1)[C@H]1CCCN(Cc2ccco2)C1. The third-order valence-electron chi connectivity index (χ3n) is 5.49. The summed E-state index contributed by atoms with van der Waals surface area (Å²) in [5.74, 6) is 1.26. The molecule has 0 aromatic carbocycles. The van der Waals surface area contributed by atoms with Gasteiger partial charge in [0.2, 0.25) is 5.91 Å². The van der Waals surface area contributed by atoms with E-state index in [9.17, 15) is 4.79 Å². The molecule has 2 fully saturated rings. The minimum absolute atomic E-state index is 0.0872. The van der Waals surface area contributed by atoms with E-state index in [1.165, 1.54) is 12.8 Å². The number of hydrogen-bond acceptors (Lipinski definition) is 4. The van der Waals surface area contributed by atoms with Gasteiger partial charge in [0.1, 0.15) is 5.76 Å². The molecule has 1 aliphatic heterocycles. The lowest BCUT2D eigenvalue weighted by molar-refractivity contribution is -0.127. The number of piperidine rings is 1. The summed E-state index contributed by atoms with van der Waals surface area (Å²) in [6, 6.07) is 5.86. The highest BCUT2D eigenvalue weighted by Gasteiger charge is 2.43. The number of furan rings is 1. The normalized spacial score (nSPS) is 22.6. The first kappa shape index (κ1) is 16.4. The van der Waals surface area contributed by atoms with E-state index in [-0.39, 0.29) is 17.2 Å². The molecular formula is C19H26N4O2. The van der Waals surface area contributed by atoms with Crippen LogP contribution in [-0.2, 0) is 17.9 Å². The van der Waals surface area contributed by atoms with E-state index >= 15 is 0 Å². The highest BCUT2D eigenvalue weighted by Crippen LogP contribution is 2.46. The Morgan fingerprint density at radius 1 is 1.40 bits per heavy atom. The van der Waals surface area contributed by atoms with E-state index in [1.807, 2.05) is 35.3 Å². The maximum atomic E-state index is 12.6. The van der Waals surface area contributed by atoms with Crippen molar-refractivity contribution >= 4 is 5.91 Å². The molecule has 1 saturated carbocycles. The Kier molecular flexibility index (Phi) is 4.61. The monoisotopic (exact) mass is 342 g/mol. The van der Waals surface area contributed by atoms with E-state index in [0.29, 0.717) is 0 Å². The van der Waals surface area contributed by atoms with E-state index in [1.54, 1.807) is 6.26 Å². The molecule has 25 heavy (non-hydrogen) atoms. The van der Waals surface area contributed by atoms with E-state index < -0.39 is 0 Å². The Hall–Kier alpha value is -2.08. The van der Waals surface area contributed by atoms with Crippen molar-refractivity contribution in [1.82, 2.24) is 20.0 Å². The quantitative estimate of drug-likeness (QED) is 0.838. The molecule has 1 aliphatic carbocycles. The van der Waals surface area contributed by atoms with Crippen molar-refractivity contribution in [3.8, 4) is 0 Å². The van der Waals surface area contributed by atoms with Crippen LogP contribution in [0, 0.1) is 11.3 Å². The number of aromatic nitrogens is 2. The lowest BCUT2D eigenvalue weighted by Crippen LogP contribution is -2.44. The van der Waals surface area contributed by atoms with Gasteiger partial charge in [-0.05, 0) is 50.4 Å². The van der Waals surface area contributed by atoms with Crippen LogP contribution in [0.3, 0.4) is 0 Å². The van der Waals surface area contributed by atoms with Gasteiger partial charge in [-0.1, -0.05) is 0 Å². The van der Waals surface area contributed by atoms with Crippen LogP contribution in [0.25, 0.3) is 0 Å². The van der Waals surface area contributed by atoms with Crippen LogP contribution >= 0.6 is 0 Å². The predicted octanol–water partition coefficient (Wildman–Crippen LogP) is 2.28. The van der Waals surface area contributed by atoms with Gasteiger partial charge in [0.05, 0.1) is 18.7 Å². The molecule has 0 radical (unpaired) electrons. The van der Waals surface area contributed by atoms with Gasteiger partial charge in [0.15, 0.2) is 0 Å². The first-order valence-corrected chi connectivity index (χ1v) is 9.22. The molecular weight excluding hydrogens is 316 g/mol. The number of hydrogen-bond donors (Lipinski definition) is 1. The molecule has 1 atom stereocenters. The first-order chi connectivity index (χ1) is 12.2. The number of rotatable bonds is 7. The average molecular weight is 342 g/mol. The molecule has 1 amide bonds. The Morgan fingerprint density at radius 2 is 2.32 bits per heavy atom. The van der Waals surface area contributed by atoms with Crippen molar-refractivity contribution in [2.24, 2.45) is 11.3 Å². The maximum Gasteiger partial charge on any atom is 0.224 e. The summed E-state index contributed by atoms with van der Waals surface area (Å²) in [7, 11) is 0. The fourth-order valence-electron chi connectivity index (χ4n) is 3.76. The summed E-state index contributed by atoms with van der Waals surface area (Å²) in [6.07, 6.45) is 9.90. The third-order valence-corrected chi connectivity index (χ3v) is 5.49. The summed E-state index contributed by atoms with van der Waals surface area (Å²) < 4.78 is 7.41. The Labute approximate surface area is 148 Å². The molecule has 1 saturated heterocycles. The molecule has 0 spiro atoms. The molecule has 0 bridgehead atoms. The van der Waals surface area contributed by atoms with E-state index in [0.717, 1.165) is 51.3 Å². The second-order valence-electron chi connectivity index (χ2n) is 7.58. The maximum absolute atomic E-state index is 12.6. The molecule has 134 valence electrons. The van der Waals surface area contributed by atoms with Crippen LogP contribution in [0.1, 0.15) is 31.4 Å². The molecule has 6 heteroatoms. The van der Waals surface area contributed by atoms with Crippen LogP contribution in [-0.4, -0.2) is 40.2 Å². The summed E-state index contributed by atoms with van der Waals surface area (Å²) in [5, 5.41) is 7.51. The van der Waals surface area contributed by atoms with Gasteiger partial charge in [-0.2, -0.15) is 5.10 Å². The standard InChI is InChI=1S/C19H26N4O2/c24-18(20-14-19(6-7-19)15-23-10-3-8-21-23)16-4-1-9-22(12-16)13-17-5-2-11-25-17/h2-3,5,8,10-11,16H,1,4,6-7,9,12-15H2,(H,20,24)/t16-/m0/s1. The second-order valence-corrected chi connectivity index (χ2v) is 7.58. The molecule has 2 aromatic rings. The average Bonchev–Trinajstić information content (AvgIpc) is 3.01. The number of likely N-dealkylation sites (tertiary alicyclic amines) is 1. The smallest absolute Gasteiger partial charge is 0.224 e. The van der Waals surface area contributed by atoms with Crippen LogP contribution in [0.2, 0.25) is 0 Å². The summed E-state index contributed by atoms with van der Waals surface area (Å²) in [4.78, 5) is 15.0. The minimum atomic E-state index is 0.0872. The van der Waals surface area contributed by atoms with Gasteiger partial charge in [-0.3, -0.25) is 14.4 Å². The van der Waals surface area contributed by atoms with Crippen LogP contribution in [0.15, 0.2) is 41.3 Å². The summed E-state index contributed by atoms with van der Waals surface area (Å²) in [6.45, 7) is 4.31. The van der Waals surface area contributed by atoms with E-state index in [4.69, 9.17) is 4.42 Å². The number of carbonyl (C=O) groups excluding carboxylic acids is 1. The predicted molar refractivity (Wildman–Crippen MR) is 93.6 cm³/mol. The van der Waals surface area contributed by atoms with Crippen LogP contribution in [0.4, 0.5) is 0 Å². The van der Waals surface area contributed by atoms with Crippen molar-refractivity contribution in [1.29, 1.82) is 0 Å². The fourth-order valence-corrected chi connectivity index (χ4v) is 3.76. The van der Waals surface area contributed by atoms with Gasteiger partial charge >= 0.3 is 0 Å². The Bertz CT molecular complexity index is 676. The lowest BCUT2D eigenvalue weighted by atomic mass is 9.96. The lowest BCUT2D eigenvalue weighted by Gasteiger charge is -2.31. The van der Waals surface area contributed by atoms with Gasteiger partial charge < -0.3 is 9.73 Å². The molecule has 2 aliphatic rings. The highest BCUT2D eigenvalue weighted by molar-refractivity contribution is 5.79. The number of nitrogens with one attached hydrogen (secondary N) is 1. The van der Waals surface area contributed by atoms with Gasteiger partial charge in [0.25, 0.3) is 0 Å². The van der Waals surface area contributed by atoms with Crippen molar-refractivity contribution in [2.45, 2.75) is 38.8 Å². The molecule has 3 heterocycles. The topological polar surface area (TPSA) is 63.3 Å². The third kappa shape index (κ3) is 4.12. The molecule has 1 N–H and O–H groups in total. The zero-order valence-corrected chi connectivity index (χ0v) is 14.6. The molecule has 2 aromatic heterocycles. The largest absolute Gasteiger partial charge is 0.468 e. The number of carbonyl (C=O) groups is 1. The molecule has 6 nitrogen and oxygen atoms in total. The Morgan fingerprint density at radius 3 is 3.04 bits per heavy atom. The summed E-state index contributed by atoms with van der Waals surface area (Å²) >= 11 is 0. The van der Waals surface area contributed by atoms with Crippen LogP contribution < -0.4 is 5.32 Å². The second kappa shape index (κ2) is 7.04. The number of nitrogens with zero attached hydrogens (tertiary/aromatic N) is 3. The zero-order chi connectivity index (χ0) is 17.1. The molecule has 4 rings (SSSR count). The van der Waals surface area contributed by atoms with E-state index in [2.05, 4.69) is 15.3 Å².